The molecule has 0 radical (unpaired) electrons. The molecule has 4 heteroatoms. The number of halogens is 1. The fourth-order valence-electron chi connectivity index (χ4n) is 1.01. The first kappa shape index (κ1) is 10.3. The van der Waals surface area contributed by atoms with E-state index in [1.165, 1.54) is 11.8 Å². The van der Waals surface area contributed by atoms with Crippen LogP contribution in [0.15, 0.2) is 27.2 Å². The van der Waals surface area contributed by atoms with Gasteiger partial charge in [0, 0.05) is 12.0 Å². The van der Waals surface area contributed by atoms with Gasteiger partial charge in [0.25, 0.3) is 0 Å². The van der Waals surface area contributed by atoms with Crippen LogP contribution in [0, 0.1) is 0 Å². The second-order valence-electron chi connectivity index (χ2n) is 2.46. The Hall–Kier alpha value is -0.760. The summed E-state index contributed by atoms with van der Waals surface area (Å²) in [6, 6.07) is 0. The Bertz CT molecular complexity index is 349. The maximum atomic E-state index is 10.6. The summed E-state index contributed by atoms with van der Waals surface area (Å²) in [6.45, 7) is 0. The average molecular weight is 215 g/mol. The third-order valence-electron chi connectivity index (χ3n) is 1.70. The van der Waals surface area contributed by atoms with E-state index in [4.69, 9.17) is 11.6 Å². The van der Waals surface area contributed by atoms with Crippen molar-refractivity contribution in [2.75, 3.05) is 6.26 Å². The van der Waals surface area contributed by atoms with Crippen LogP contribution in [0.4, 0.5) is 0 Å². The van der Waals surface area contributed by atoms with Gasteiger partial charge in [-0.2, -0.15) is 0 Å². The number of carbonyl (C=O) groups is 1. The summed E-state index contributed by atoms with van der Waals surface area (Å²) in [6.07, 6.45) is 4.70. The summed E-state index contributed by atoms with van der Waals surface area (Å²) in [5.74, 6) is 1.75. The van der Waals surface area contributed by atoms with Crippen LogP contribution in [0.5, 0.6) is 0 Å². The molecule has 13 heavy (non-hydrogen) atoms. The Morgan fingerprint density at radius 1 is 1.69 bits per heavy atom. The highest BCUT2D eigenvalue weighted by atomic mass is 35.5. The van der Waals surface area contributed by atoms with E-state index in [2.05, 4.69) is 0 Å². The van der Waals surface area contributed by atoms with E-state index in [1.54, 1.807) is 12.0 Å². The van der Waals surface area contributed by atoms with Crippen LogP contribution in [0.2, 0.25) is 0 Å². The Morgan fingerprint density at radius 3 is 2.85 bits per heavy atom. The zero-order valence-electron chi connectivity index (χ0n) is 6.96. The highest BCUT2D eigenvalue weighted by Crippen LogP contribution is 2.33. The summed E-state index contributed by atoms with van der Waals surface area (Å²) in [7, 11) is 0. The van der Waals surface area contributed by atoms with E-state index in [9.17, 15) is 9.59 Å². The van der Waals surface area contributed by atoms with Gasteiger partial charge in [-0.1, -0.05) is 11.6 Å². The van der Waals surface area contributed by atoms with Crippen LogP contribution in [-0.2, 0) is 9.59 Å². The number of rotatable bonds is 2. The van der Waals surface area contributed by atoms with E-state index in [0.29, 0.717) is 23.9 Å². The summed E-state index contributed by atoms with van der Waals surface area (Å²) >= 11 is 7.26. The van der Waals surface area contributed by atoms with Gasteiger partial charge in [0.15, 0.2) is 6.29 Å². The van der Waals surface area contributed by atoms with Gasteiger partial charge in [-0.25, -0.2) is 4.79 Å². The Balaban J connectivity index is 3.19. The first-order chi connectivity index (χ1) is 6.22. The van der Waals surface area contributed by atoms with Crippen LogP contribution in [0.1, 0.15) is 6.42 Å². The lowest BCUT2D eigenvalue weighted by Crippen LogP contribution is -1.99. The number of hydrogen-bond acceptors (Lipinski definition) is 3. The molecule has 0 saturated carbocycles. The van der Waals surface area contributed by atoms with Crippen molar-refractivity contribution in [3.8, 4) is 0 Å². The zero-order chi connectivity index (χ0) is 9.84. The molecule has 1 aliphatic rings. The molecule has 0 N–H and O–H groups in total. The second-order valence-corrected chi connectivity index (χ2v) is 3.77. The van der Waals surface area contributed by atoms with Gasteiger partial charge in [-0.3, -0.25) is 4.79 Å². The normalized spacial score (nSPS) is 16.8. The highest BCUT2D eigenvalue weighted by Gasteiger charge is 2.16. The molecule has 1 rings (SSSR count). The van der Waals surface area contributed by atoms with Gasteiger partial charge in [-0.05, 0) is 17.2 Å². The summed E-state index contributed by atoms with van der Waals surface area (Å²) in [5, 5.41) is 0.225. The number of hydrogen-bond donors (Lipinski definition) is 0. The maximum Gasteiger partial charge on any atom is 0.151 e. The Labute approximate surface area is 85.3 Å². The molecule has 0 saturated heterocycles. The maximum absolute atomic E-state index is 10.6. The molecule has 0 aromatic rings. The molecular weight excluding hydrogens is 208 g/mol. The number of carbonyl (C=O) groups excluding carboxylic acids is 2. The monoisotopic (exact) mass is 214 g/mol. The minimum atomic E-state index is 0.225. The van der Waals surface area contributed by atoms with E-state index < -0.39 is 0 Å². The SMILES string of the molecule is CSC1=CC(C=O)=C(Cl)C(=C=O)C1. The highest BCUT2D eigenvalue weighted by molar-refractivity contribution is 8.02. The molecule has 1 aliphatic carbocycles. The summed E-state index contributed by atoms with van der Waals surface area (Å²) < 4.78 is 0. The van der Waals surface area contributed by atoms with Crippen molar-refractivity contribution < 1.29 is 9.59 Å². The molecule has 0 fully saturated rings. The average Bonchev–Trinajstić information content (AvgIpc) is 2.18. The Morgan fingerprint density at radius 2 is 2.38 bits per heavy atom. The fourth-order valence-corrected chi connectivity index (χ4v) is 1.75. The molecular formula is C9H7ClO2S. The predicted molar refractivity (Wildman–Crippen MR) is 54.4 cm³/mol. The fraction of sp³-hybridized carbons (Fsp3) is 0.222. The minimum Gasteiger partial charge on any atom is -0.298 e. The summed E-state index contributed by atoms with van der Waals surface area (Å²) in [4.78, 5) is 22.0. The molecule has 0 bridgehead atoms. The lowest BCUT2D eigenvalue weighted by molar-refractivity contribution is -0.104. The van der Waals surface area contributed by atoms with Crippen molar-refractivity contribution in [3.05, 3.63) is 27.2 Å². The van der Waals surface area contributed by atoms with Gasteiger partial charge >= 0.3 is 0 Å². The van der Waals surface area contributed by atoms with Gasteiger partial charge in [-0.15, -0.1) is 11.8 Å². The first-order valence-corrected chi connectivity index (χ1v) is 5.17. The quantitative estimate of drug-likeness (QED) is 0.522. The van der Waals surface area contributed by atoms with Gasteiger partial charge in [0.1, 0.15) is 5.94 Å². The molecule has 0 aromatic heterocycles. The predicted octanol–water partition coefficient (Wildman–Crippen LogP) is 2.09. The van der Waals surface area contributed by atoms with Crippen LogP contribution in [-0.4, -0.2) is 18.5 Å². The first-order valence-electron chi connectivity index (χ1n) is 3.56. The molecule has 0 spiro atoms. The number of thioether (sulfide) groups is 1. The number of allylic oxidation sites excluding steroid dienone is 5. The van der Waals surface area contributed by atoms with Crippen LogP contribution < -0.4 is 0 Å². The smallest absolute Gasteiger partial charge is 0.151 e. The summed E-state index contributed by atoms with van der Waals surface area (Å²) in [5.41, 5.74) is 0.714. The lowest BCUT2D eigenvalue weighted by atomic mass is 10.0. The molecule has 2 nitrogen and oxygen atoms in total. The molecule has 0 atom stereocenters. The Kier molecular flexibility index (Phi) is 3.55. The molecule has 68 valence electrons. The number of aldehydes is 1. The molecule has 0 amide bonds. The minimum absolute atomic E-state index is 0.225. The van der Waals surface area contributed by atoms with Gasteiger partial charge in [0.2, 0.25) is 0 Å². The van der Waals surface area contributed by atoms with Crippen LogP contribution >= 0.6 is 23.4 Å². The van der Waals surface area contributed by atoms with Crippen LogP contribution in [0.3, 0.4) is 0 Å². The van der Waals surface area contributed by atoms with Crippen molar-refractivity contribution in [2.24, 2.45) is 0 Å². The second kappa shape index (κ2) is 4.47. The van der Waals surface area contributed by atoms with Crippen molar-refractivity contribution >= 4 is 35.6 Å². The van der Waals surface area contributed by atoms with Crippen molar-refractivity contribution in [1.82, 2.24) is 0 Å². The standard InChI is InChI=1S/C9H7ClO2S/c1-13-8-2-6(4-11)9(10)7(3-8)5-12/h2,4H,3H2,1H3. The molecule has 0 heterocycles. The van der Waals surface area contributed by atoms with Crippen molar-refractivity contribution in [1.29, 1.82) is 0 Å². The topological polar surface area (TPSA) is 34.1 Å². The van der Waals surface area contributed by atoms with Crippen LogP contribution in [0.25, 0.3) is 0 Å². The molecule has 0 aromatic carbocycles. The van der Waals surface area contributed by atoms with Crippen molar-refractivity contribution in [2.45, 2.75) is 6.42 Å². The van der Waals surface area contributed by atoms with E-state index in [1.807, 2.05) is 6.26 Å². The third-order valence-corrected chi connectivity index (χ3v) is 2.93. The lowest BCUT2D eigenvalue weighted by Gasteiger charge is -2.12. The van der Waals surface area contributed by atoms with Gasteiger partial charge < -0.3 is 0 Å². The zero-order valence-corrected chi connectivity index (χ0v) is 8.54. The van der Waals surface area contributed by atoms with E-state index >= 15 is 0 Å². The van der Waals surface area contributed by atoms with E-state index in [0.717, 1.165) is 4.91 Å². The van der Waals surface area contributed by atoms with Crippen molar-refractivity contribution in [3.63, 3.8) is 0 Å². The molecule has 0 unspecified atom stereocenters. The third kappa shape index (κ3) is 2.13. The van der Waals surface area contributed by atoms with E-state index in [-0.39, 0.29) is 5.03 Å². The molecule has 0 aliphatic heterocycles. The largest absolute Gasteiger partial charge is 0.298 e. The van der Waals surface area contributed by atoms with Gasteiger partial charge in [0.05, 0.1) is 10.6 Å².